The van der Waals surface area contributed by atoms with Crippen LogP contribution in [0.1, 0.15) is 31.7 Å². The first kappa shape index (κ1) is 24.8. The number of likely N-dealkylation sites (tertiary alicyclic amines) is 1. The van der Waals surface area contributed by atoms with Crippen molar-refractivity contribution in [3.63, 3.8) is 0 Å². The summed E-state index contributed by atoms with van der Waals surface area (Å²) in [5.74, 6) is 0.653. The van der Waals surface area contributed by atoms with Gasteiger partial charge in [0.1, 0.15) is 11.4 Å². The third-order valence-electron chi connectivity index (χ3n) is 7.65. The van der Waals surface area contributed by atoms with E-state index in [9.17, 15) is 19.5 Å². The van der Waals surface area contributed by atoms with Crippen molar-refractivity contribution in [2.45, 2.75) is 38.3 Å². The highest BCUT2D eigenvalue weighted by Crippen LogP contribution is 2.31. The Morgan fingerprint density at radius 1 is 0.897 bits per heavy atom. The Bertz CT molecular complexity index is 1590. The first-order chi connectivity index (χ1) is 18.9. The Hall–Kier alpha value is -4.53. The van der Waals surface area contributed by atoms with Crippen LogP contribution in [0.5, 0.6) is 5.75 Å². The van der Waals surface area contributed by atoms with Crippen molar-refractivity contribution in [3.05, 3.63) is 93.9 Å². The SMILES string of the molecule is O=C(Nc1cc(-c2ccc(O)cc2)cn(CC2CC2)c1=O)N1CCC(n2cc(-c3ccccc3)[nH]c2=O)CC1. The van der Waals surface area contributed by atoms with Crippen LogP contribution >= 0.6 is 0 Å². The van der Waals surface area contributed by atoms with Gasteiger partial charge in [-0.05, 0) is 60.9 Å². The Kier molecular flexibility index (Phi) is 6.56. The van der Waals surface area contributed by atoms with Crippen molar-refractivity contribution in [1.82, 2.24) is 19.0 Å². The minimum absolute atomic E-state index is 0.0103. The molecule has 2 aliphatic rings. The van der Waals surface area contributed by atoms with E-state index < -0.39 is 0 Å². The average Bonchev–Trinajstić information content (AvgIpc) is 3.69. The molecule has 0 spiro atoms. The molecule has 1 aliphatic carbocycles. The number of H-pyrrole nitrogens is 1. The van der Waals surface area contributed by atoms with Gasteiger partial charge in [0.25, 0.3) is 5.56 Å². The molecule has 39 heavy (non-hydrogen) atoms. The number of imidazole rings is 1. The maximum atomic E-state index is 13.2. The van der Waals surface area contributed by atoms with Crippen molar-refractivity contribution < 1.29 is 9.90 Å². The molecule has 2 amide bonds. The molecule has 0 atom stereocenters. The topological polar surface area (TPSA) is 112 Å². The van der Waals surface area contributed by atoms with Crippen molar-refractivity contribution in [3.8, 4) is 28.1 Å². The lowest BCUT2D eigenvalue weighted by Gasteiger charge is -2.32. The molecular formula is C30H31N5O4. The van der Waals surface area contributed by atoms with Crippen molar-refractivity contribution in [2.24, 2.45) is 5.92 Å². The smallest absolute Gasteiger partial charge is 0.326 e. The van der Waals surface area contributed by atoms with Crippen LogP contribution < -0.4 is 16.6 Å². The van der Waals surface area contributed by atoms with Gasteiger partial charge in [0, 0.05) is 43.6 Å². The molecule has 0 radical (unpaired) electrons. The van der Waals surface area contributed by atoms with Gasteiger partial charge in [0.15, 0.2) is 0 Å². The standard InChI is InChI=1S/C30H31N5O4/c36-25-10-8-21(9-11-25)23-16-26(28(37)34(18-23)17-20-6-7-20)31-29(38)33-14-12-24(13-15-33)35-19-27(32-30(35)39)22-4-2-1-3-5-22/h1-5,8-11,16,18-20,24,36H,6-7,12-15,17H2,(H,31,38)(H,32,39). The molecule has 9 nitrogen and oxygen atoms in total. The fourth-order valence-corrected chi connectivity index (χ4v) is 5.24. The molecule has 1 aliphatic heterocycles. The molecule has 4 aromatic rings. The molecule has 1 saturated carbocycles. The number of carbonyl (C=O) groups excluding carboxylic acids is 1. The van der Waals surface area contributed by atoms with Gasteiger partial charge >= 0.3 is 11.7 Å². The predicted octanol–water partition coefficient (Wildman–Crippen LogP) is 4.66. The van der Waals surface area contributed by atoms with Crippen LogP contribution in [0.25, 0.3) is 22.4 Å². The zero-order valence-corrected chi connectivity index (χ0v) is 21.5. The minimum atomic E-state index is -0.322. The normalized spacial score (nSPS) is 15.8. The van der Waals surface area contributed by atoms with Crippen molar-refractivity contribution in [1.29, 1.82) is 0 Å². The first-order valence-corrected chi connectivity index (χ1v) is 13.4. The molecule has 6 rings (SSSR count). The quantitative estimate of drug-likeness (QED) is 0.340. The number of aromatic amines is 1. The van der Waals surface area contributed by atoms with E-state index in [2.05, 4.69) is 10.3 Å². The van der Waals surface area contributed by atoms with Crippen LogP contribution in [0.2, 0.25) is 0 Å². The van der Waals surface area contributed by atoms with E-state index in [1.165, 1.54) is 0 Å². The molecule has 3 heterocycles. The highest BCUT2D eigenvalue weighted by atomic mass is 16.3. The fourth-order valence-electron chi connectivity index (χ4n) is 5.24. The zero-order valence-electron chi connectivity index (χ0n) is 21.5. The van der Waals surface area contributed by atoms with Gasteiger partial charge in [-0.25, -0.2) is 9.59 Å². The first-order valence-electron chi connectivity index (χ1n) is 13.4. The number of nitrogens with zero attached hydrogens (tertiary/aromatic N) is 3. The summed E-state index contributed by atoms with van der Waals surface area (Å²) in [6.07, 6.45) is 7.16. The number of urea groups is 1. The van der Waals surface area contributed by atoms with Gasteiger partial charge in [-0.1, -0.05) is 42.5 Å². The number of carbonyl (C=O) groups is 1. The number of piperidine rings is 1. The summed E-state index contributed by atoms with van der Waals surface area (Å²) in [4.78, 5) is 43.7. The zero-order chi connectivity index (χ0) is 26.9. The van der Waals surface area contributed by atoms with Crippen LogP contribution in [0, 0.1) is 5.92 Å². The maximum absolute atomic E-state index is 13.2. The highest BCUT2D eigenvalue weighted by Gasteiger charge is 2.27. The fraction of sp³-hybridized carbons (Fsp3) is 0.300. The second-order valence-electron chi connectivity index (χ2n) is 10.5. The summed E-state index contributed by atoms with van der Waals surface area (Å²) < 4.78 is 3.42. The molecule has 2 fully saturated rings. The second-order valence-corrected chi connectivity index (χ2v) is 10.5. The van der Waals surface area contributed by atoms with Gasteiger partial charge in [0.2, 0.25) is 0 Å². The maximum Gasteiger partial charge on any atom is 0.326 e. The van der Waals surface area contributed by atoms with E-state index in [1.807, 2.05) is 42.7 Å². The summed E-state index contributed by atoms with van der Waals surface area (Å²) in [5, 5.41) is 12.5. The molecular weight excluding hydrogens is 494 g/mol. The van der Waals surface area contributed by atoms with E-state index in [0.29, 0.717) is 38.4 Å². The van der Waals surface area contributed by atoms with Gasteiger partial charge < -0.3 is 24.9 Å². The number of rotatable bonds is 6. The Labute approximate surface area is 225 Å². The lowest BCUT2D eigenvalue weighted by Crippen LogP contribution is -2.43. The molecule has 0 bridgehead atoms. The summed E-state index contributed by atoms with van der Waals surface area (Å²) >= 11 is 0. The Balaban J connectivity index is 1.16. The lowest BCUT2D eigenvalue weighted by molar-refractivity contribution is 0.183. The third kappa shape index (κ3) is 5.38. The summed E-state index contributed by atoms with van der Waals surface area (Å²) in [6, 6.07) is 17.9. The third-order valence-corrected chi connectivity index (χ3v) is 7.65. The van der Waals surface area contributed by atoms with Gasteiger partial charge in [-0.3, -0.25) is 9.36 Å². The van der Waals surface area contributed by atoms with Crippen molar-refractivity contribution in [2.75, 3.05) is 18.4 Å². The van der Waals surface area contributed by atoms with E-state index in [4.69, 9.17) is 0 Å². The number of benzene rings is 2. The Morgan fingerprint density at radius 2 is 1.62 bits per heavy atom. The van der Waals surface area contributed by atoms with Crippen LogP contribution in [0.15, 0.2) is 82.6 Å². The molecule has 200 valence electrons. The van der Waals surface area contributed by atoms with Crippen LogP contribution in [-0.4, -0.2) is 43.2 Å². The number of phenolic OH excluding ortho intramolecular Hbond substituents is 1. The second kappa shape index (κ2) is 10.3. The summed E-state index contributed by atoms with van der Waals surface area (Å²) in [5.41, 5.74) is 3.23. The number of hydrogen-bond acceptors (Lipinski definition) is 4. The number of aromatic nitrogens is 3. The van der Waals surface area contributed by atoms with Crippen LogP contribution in [0.3, 0.4) is 0 Å². The van der Waals surface area contributed by atoms with E-state index in [0.717, 1.165) is 35.2 Å². The van der Waals surface area contributed by atoms with E-state index >= 15 is 0 Å². The number of hydrogen-bond donors (Lipinski definition) is 3. The average molecular weight is 526 g/mol. The minimum Gasteiger partial charge on any atom is -0.508 e. The monoisotopic (exact) mass is 525 g/mol. The largest absolute Gasteiger partial charge is 0.508 e. The molecule has 2 aromatic heterocycles. The number of phenols is 1. The molecule has 0 unspecified atom stereocenters. The number of aromatic hydroxyl groups is 1. The molecule has 3 N–H and O–H groups in total. The van der Waals surface area contributed by atoms with E-state index in [1.54, 1.807) is 44.4 Å². The van der Waals surface area contributed by atoms with Crippen molar-refractivity contribution >= 4 is 11.7 Å². The number of anilines is 1. The van der Waals surface area contributed by atoms with Crippen LogP contribution in [0.4, 0.5) is 10.5 Å². The summed E-state index contributed by atoms with van der Waals surface area (Å²) in [6.45, 7) is 1.57. The highest BCUT2D eigenvalue weighted by molar-refractivity contribution is 5.90. The summed E-state index contributed by atoms with van der Waals surface area (Å²) in [7, 11) is 0. The van der Waals surface area contributed by atoms with Crippen LogP contribution in [-0.2, 0) is 6.54 Å². The molecule has 9 heteroatoms. The van der Waals surface area contributed by atoms with Gasteiger partial charge in [-0.2, -0.15) is 0 Å². The van der Waals surface area contributed by atoms with E-state index in [-0.39, 0.29) is 34.8 Å². The number of pyridine rings is 1. The van der Waals surface area contributed by atoms with Gasteiger partial charge in [0.05, 0.1) is 5.69 Å². The molecule has 1 saturated heterocycles. The van der Waals surface area contributed by atoms with Gasteiger partial charge in [-0.15, -0.1) is 0 Å². The number of nitrogens with one attached hydrogen (secondary N) is 2. The lowest BCUT2D eigenvalue weighted by atomic mass is 10.1. The predicted molar refractivity (Wildman–Crippen MR) is 150 cm³/mol. The molecule has 2 aromatic carbocycles. The number of amides is 2. The Morgan fingerprint density at radius 3 is 2.31 bits per heavy atom.